The van der Waals surface area contributed by atoms with Gasteiger partial charge >= 0.3 is 0 Å². The largest absolute Gasteiger partial charge is 0.330 e. The summed E-state index contributed by atoms with van der Waals surface area (Å²) in [4.78, 5) is 0.699. The Morgan fingerprint density at radius 2 is 1.70 bits per heavy atom. The topological polar surface area (TPSA) is 26.0 Å². The van der Waals surface area contributed by atoms with E-state index in [9.17, 15) is 4.39 Å². The smallest absolute Gasteiger partial charge is 0.137 e. The number of hydrogen-bond acceptors (Lipinski definition) is 2. The van der Waals surface area contributed by atoms with E-state index in [-0.39, 0.29) is 5.82 Å². The molecular formula is C17H20FNS. The van der Waals surface area contributed by atoms with E-state index < -0.39 is 0 Å². The summed E-state index contributed by atoms with van der Waals surface area (Å²) in [5.74, 6) is 0.640. The zero-order chi connectivity index (χ0) is 14.5. The van der Waals surface area contributed by atoms with Crippen molar-refractivity contribution in [1.29, 1.82) is 0 Å². The second-order valence-electron chi connectivity index (χ2n) is 5.09. The maximum atomic E-state index is 14.0. The van der Waals surface area contributed by atoms with Gasteiger partial charge in [-0.15, -0.1) is 11.8 Å². The van der Waals surface area contributed by atoms with Crippen LogP contribution in [0.5, 0.6) is 0 Å². The zero-order valence-corrected chi connectivity index (χ0v) is 12.8. The SMILES string of the molecule is Cc1cc(C)cc(CSc2ccc(CCN)cc2F)c1. The summed E-state index contributed by atoms with van der Waals surface area (Å²) >= 11 is 1.54. The van der Waals surface area contributed by atoms with E-state index in [1.165, 1.54) is 28.5 Å². The van der Waals surface area contributed by atoms with Crippen LogP contribution in [0.3, 0.4) is 0 Å². The van der Waals surface area contributed by atoms with Crippen LogP contribution in [0, 0.1) is 19.7 Å². The third-order valence-electron chi connectivity index (χ3n) is 3.11. The van der Waals surface area contributed by atoms with Gasteiger partial charge in [-0.05, 0) is 50.1 Å². The van der Waals surface area contributed by atoms with Crippen molar-refractivity contribution >= 4 is 11.8 Å². The highest BCUT2D eigenvalue weighted by atomic mass is 32.2. The second kappa shape index (κ2) is 6.91. The molecule has 0 aliphatic carbocycles. The number of hydrogen-bond donors (Lipinski definition) is 1. The van der Waals surface area contributed by atoms with Gasteiger partial charge in [0, 0.05) is 10.6 Å². The highest BCUT2D eigenvalue weighted by Gasteiger charge is 2.05. The molecule has 0 saturated carbocycles. The van der Waals surface area contributed by atoms with Crippen LogP contribution in [0.15, 0.2) is 41.3 Å². The molecule has 2 aromatic carbocycles. The number of thioether (sulfide) groups is 1. The second-order valence-corrected chi connectivity index (χ2v) is 6.11. The Kier molecular flexibility index (Phi) is 5.21. The Morgan fingerprint density at radius 3 is 2.30 bits per heavy atom. The van der Waals surface area contributed by atoms with Crippen molar-refractivity contribution in [3.05, 3.63) is 64.5 Å². The number of benzene rings is 2. The summed E-state index contributed by atoms with van der Waals surface area (Å²) in [6, 6.07) is 11.9. The molecule has 0 heterocycles. The van der Waals surface area contributed by atoms with E-state index in [1.807, 2.05) is 12.1 Å². The molecule has 0 bridgehead atoms. The minimum absolute atomic E-state index is 0.148. The van der Waals surface area contributed by atoms with Crippen LogP contribution in [0.25, 0.3) is 0 Å². The van der Waals surface area contributed by atoms with Gasteiger partial charge in [0.15, 0.2) is 0 Å². The van der Waals surface area contributed by atoms with E-state index in [2.05, 4.69) is 32.0 Å². The average molecular weight is 289 g/mol. The van der Waals surface area contributed by atoms with Gasteiger partial charge < -0.3 is 5.73 Å². The Balaban J connectivity index is 2.06. The van der Waals surface area contributed by atoms with E-state index in [0.717, 1.165) is 17.7 Å². The van der Waals surface area contributed by atoms with Crippen molar-refractivity contribution in [1.82, 2.24) is 0 Å². The predicted octanol–water partition coefficient (Wildman–Crippen LogP) is 4.24. The van der Waals surface area contributed by atoms with E-state index in [1.54, 1.807) is 6.07 Å². The summed E-state index contributed by atoms with van der Waals surface area (Å²) < 4.78 is 14.0. The fraction of sp³-hybridized carbons (Fsp3) is 0.294. The third kappa shape index (κ3) is 4.09. The number of rotatable bonds is 5. The third-order valence-corrected chi connectivity index (χ3v) is 4.22. The molecule has 0 spiro atoms. The van der Waals surface area contributed by atoms with Crippen molar-refractivity contribution in [3.63, 3.8) is 0 Å². The monoisotopic (exact) mass is 289 g/mol. The molecule has 3 heteroatoms. The van der Waals surface area contributed by atoms with E-state index in [4.69, 9.17) is 5.73 Å². The number of halogens is 1. The molecule has 0 aliphatic rings. The maximum Gasteiger partial charge on any atom is 0.137 e. The molecule has 2 N–H and O–H groups in total. The normalized spacial score (nSPS) is 10.8. The first-order chi connectivity index (χ1) is 9.58. The molecule has 1 nitrogen and oxygen atoms in total. The van der Waals surface area contributed by atoms with Crippen LogP contribution in [0.1, 0.15) is 22.3 Å². The van der Waals surface area contributed by atoms with E-state index >= 15 is 0 Å². The molecular weight excluding hydrogens is 269 g/mol. The van der Waals surface area contributed by atoms with Crippen molar-refractivity contribution in [2.75, 3.05) is 6.54 Å². The first-order valence-electron chi connectivity index (χ1n) is 6.77. The predicted molar refractivity (Wildman–Crippen MR) is 84.6 cm³/mol. The summed E-state index contributed by atoms with van der Waals surface area (Å²) in [5.41, 5.74) is 10.2. The molecule has 2 rings (SSSR count). The molecule has 0 unspecified atom stereocenters. The van der Waals surface area contributed by atoms with Crippen LogP contribution in [-0.2, 0) is 12.2 Å². The lowest BCUT2D eigenvalue weighted by atomic mass is 10.1. The Hall–Kier alpha value is -1.32. The number of aryl methyl sites for hydroxylation is 2. The van der Waals surface area contributed by atoms with Gasteiger partial charge in [-0.1, -0.05) is 35.4 Å². The van der Waals surface area contributed by atoms with Gasteiger partial charge in [0.2, 0.25) is 0 Å². The first-order valence-corrected chi connectivity index (χ1v) is 7.75. The lowest BCUT2D eigenvalue weighted by Crippen LogP contribution is -2.02. The fourth-order valence-electron chi connectivity index (χ4n) is 2.30. The highest BCUT2D eigenvalue weighted by molar-refractivity contribution is 7.98. The molecule has 0 amide bonds. The van der Waals surface area contributed by atoms with Gasteiger partial charge in [-0.25, -0.2) is 4.39 Å². The summed E-state index contributed by atoms with van der Waals surface area (Å²) in [6.45, 7) is 4.72. The maximum absolute atomic E-state index is 14.0. The van der Waals surface area contributed by atoms with Crippen molar-refractivity contribution in [2.45, 2.75) is 30.9 Å². The molecule has 0 fully saturated rings. The zero-order valence-electron chi connectivity index (χ0n) is 11.9. The molecule has 0 radical (unpaired) electrons. The quantitative estimate of drug-likeness (QED) is 0.833. The van der Waals surface area contributed by atoms with Crippen molar-refractivity contribution in [3.8, 4) is 0 Å². The lowest BCUT2D eigenvalue weighted by Gasteiger charge is -2.07. The standard InChI is InChI=1S/C17H20FNS/c1-12-7-13(2)9-15(8-12)11-20-17-4-3-14(5-6-19)10-16(17)18/h3-4,7-10H,5-6,11,19H2,1-2H3. The van der Waals surface area contributed by atoms with Crippen molar-refractivity contribution < 1.29 is 4.39 Å². The van der Waals surface area contributed by atoms with Crippen LogP contribution in [0.2, 0.25) is 0 Å². The fourth-order valence-corrected chi connectivity index (χ4v) is 3.15. The summed E-state index contributed by atoms with van der Waals surface area (Å²) in [6.07, 6.45) is 0.721. The lowest BCUT2D eigenvalue weighted by molar-refractivity contribution is 0.599. The molecule has 0 aromatic heterocycles. The number of nitrogens with two attached hydrogens (primary N) is 1. The van der Waals surface area contributed by atoms with Gasteiger partial charge in [-0.3, -0.25) is 0 Å². The van der Waals surface area contributed by atoms with Gasteiger partial charge in [0.05, 0.1) is 0 Å². The molecule has 0 aliphatic heterocycles. The minimum atomic E-state index is -0.148. The highest BCUT2D eigenvalue weighted by Crippen LogP contribution is 2.27. The molecule has 20 heavy (non-hydrogen) atoms. The Labute approximate surface area is 124 Å². The molecule has 106 valence electrons. The van der Waals surface area contributed by atoms with Crippen molar-refractivity contribution in [2.24, 2.45) is 5.73 Å². The van der Waals surface area contributed by atoms with Crippen LogP contribution < -0.4 is 5.73 Å². The average Bonchev–Trinajstić information content (AvgIpc) is 2.37. The molecule has 2 aromatic rings. The Bertz CT molecular complexity index is 575. The van der Waals surface area contributed by atoms with Gasteiger partial charge in [0.25, 0.3) is 0 Å². The molecule has 0 atom stereocenters. The van der Waals surface area contributed by atoms with Crippen LogP contribution >= 0.6 is 11.8 Å². The van der Waals surface area contributed by atoms with Gasteiger partial charge in [-0.2, -0.15) is 0 Å². The van der Waals surface area contributed by atoms with E-state index in [0.29, 0.717) is 11.4 Å². The minimum Gasteiger partial charge on any atom is -0.330 e. The Morgan fingerprint density at radius 1 is 1.00 bits per heavy atom. The van der Waals surface area contributed by atoms with Crippen LogP contribution in [-0.4, -0.2) is 6.54 Å². The summed E-state index contributed by atoms with van der Waals surface area (Å²) in [5, 5.41) is 0. The first kappa shape index (κ1) is 15.1. The van der Waals surface area contributed by atoms with Gasteiger partial charge in [0.1, 0.15) is 5.82 Å². The summed E-state index contributed by atoms with van der Waals surface area (Å²) in [7, 11) is 0. The molecule has 0 saturated heterocycles. The van der Waals surface area contributed by atoms with Crippen LogP contribution in [0.4, 0.5) is 4.39 Å².